The largest absolute Gasteiger partial charge is 0.366 e. The van der Waals surface area contributed by atoms with Crippen molar-refractivity contribution in [3.63, 3.8) is 0 Å². The fourth-order valence-electron chi connectivity index (χ4n) is 3.24. The van der Waals surface area contributed by atoms with Crippen molar-refractivity contribution in [3.05, 3.63) is 97.1 Å². The molecule has 0 radical (unpaired) electrons. The Morgan fingerprint density at radius 2 is 1.66 bits per heavy atom. The molecule has 5 rings (SSSR count). The minimum absolute atomic E-state index is 0.570. The van der Waals surface area contributed by atoms with Gasteiger partial charge in [-0.05, 0) is 22.8 Å². The highest BCUT2D eigenvalue weighted by Crippen LogP contribution is 2.22. The summed E-state index contributed by atoms with van der Waals surface area (Å²) < 4.78 is 1.72. The molecule has 1 N–H and O–H groups in total. The maximum Gasteiger partial charge on any atom is 0.254 e. The van der Waals surface area contributed by atoms with Gasteiger partial charge in [-0.3, -0.25) is 4.98 Å². The first-order valence-corrected chi connectivity index (χ1v) is 9.36. The summed E-state index contributed by atoms with van der Waals surface area (Å²) in [5.74, 6) is 1.42. The molecule has 3 heterocycles. The van der Waals surface area contributed by atoms with Gasteiger partial charge in [-0.25, -0.2) is 4.98 Å². The number of hydrogen-bond donors (Lipinski definition) is 1. The van der Waals surface area contributed by atoms with Gasteiger partial charge in [0.2, 0.25) is 0 Å². The Bertz CT molecular complexity index is 1230. The molecule has 6 nitrogen and oxygen atoms in total. The Labute approximate surface area is 167 Å². The topological polar surface area (TPSA) is 68.0 Å². The molecule has 0 aliphatic carbocycles. The van der Waals surface area contributed by atoms with E-state index in [0.717, 1.165) is 28.2 Å². The number of nitrogens with zero attached hydrogens (tertiary/aromatic N) is 5. The van der Waals surface area contributed by atoms with Crippen LogP contribution in [0.25, 0.3) is 28.2 Å². The van der Waals surface area contributed by atoms with E-state index in [9.17, 15) is 0 Å². The summed E-state index contributed by atoms with van der Waals surface area (Å²) in [6.45, 7) is 0.667. The average Bonchev–Trinajstić information content (AvgIpc) is 3.28. The lowest BCUT2D eigenvalue weighted by Crippen LogP contribution is -2.07. The number of benzene rings is 2. The van der Waals surface area contributed by atoms with E-state index in [2.05, 4.69) is 55.7 Å². The molecule has 0 amide bonds. The van der Waals surface area contributed by atoms with Crippen LogP contribution >= 0.6 is 0 Å². The van der Waals surface area contributed by atoms with Crippen LogP contribution in [0.4, 0.5) is 5.82 Å². The number of hydrogen-bond acceptors (Lipinski definition) is 5. The third-order valence-corrected chi connectivity index (χ3v) is 4.74. The third kappa shape index (κ3) is 3.55. The summed E-state index contributed by atoms with van der Waals surface area (Å²) in [6.07, 6.45) is 5.17. The highest BCUT2D eigenvalue weighted by molar-refractivity contribution is 5.65. The maximum absolute atomic E-state index is 4.61. The van der Waals surface area contributed by atoms with Crippen LogP contribution in [0.2, 0.25) is 0 Å². The maximum atomic E-state index is 4.61. The molecule has 0 aliphatic heterocycles. The van der Waals surface area contributed by atoms with Crippen LogP contribution in [-0.2, 0) is 6.54 Å². The van der Waals surface area contributed by atoms with Crippen molar-refractivity contribution < 1.29 is 0 Å². The monoisotopic (exact) mass is 378 g/mol. The van der Waals surface area contributed by atoms with Crippen molar-refractivity contribution in [2.24, 2.45) is 0 Å². The molecule has 2 aromatic carbocycles. The molecule has 0 saturated heterocycles. The van der Waals surface area contributed by atoms with E-state index in [1.807, 2.05) is 48.7 Å². The standard InChI is InChI=1S/C23H18N6/c1-2-5-19(6-3-1)21-13-22(29-23(28-21)26-16-27-29)25-14-17-8-10-18(11-9-17)20-7-4-12-24-15-20/h1-13,15-16,25H,14H2. The quantitative estimate of drug-likeness (QED) is 0.489. The highest BCUT2D eigenvalue weighted by atomic mass is 15.3. The first-order chi connectivity index (χ1) is 14.4. The van der Waals surface area contributed by atoms with Crippen molar-refractivity contribution in [1.82, 2.24) is 24.6 Å². The van der Waals surface area contributed by atoms with E-state index in [1.54, 1.807) is 10.7 Å². The average molecular weight is 378 g/mol. The van der Waals surface area contributed by atoms with Crippen molar-refractivity contribution in [2.45, 2.75) is 6.54 Å². The lowest BCUT2D eigenvalue weighted by Gasteiger charge is -2.11. The van der Waals surface area contributed by atoms with Gasteiger partial charge in [0.1, 0.15) is 12.1 Å². The third-order valence-electron chi connectivity index (χ3n) is 4.74. The van der Waals surface area contributed by atoms with E-state index in [0.29, 0.717) is 12.3 Å². The highest BCUT2D eigenvalue weighted by Gasteiger charge is 2.09. The molecular weight excluding hydrogens is 360 g/mol. The number of aromatic nitrogens is 5. The number of nitrogens with one attached hydrogen (secondary N) is 1. The number of rotatable bonds is 5. The van der Waals surface area contributed by atoms with Gasteiger partial charge in [0.05, 0.1) is 5.69 Å². The van der Waals surface area contributed by atoms with Crippen molar-refractivity contribution in [2.75, 3.05) is 5.32 Å². The van der Waals surface area contributed by atoms with E-state index in [-0.39, 0.29) is 0 Å². The summed E-state index contributed by atoms with van der Waals surface area (Å²) in [4.78, 5) is 13.1. The van der Waals surface area contributed by atoms with Gasteiger partial charge < -0.3 is 5.32 Å². The molecule has 0 aliphatic rings. The predicted octanol–water partition coefficient (Wildman–Crippen LogP) is 4.47. The van der Waals surface area contributed by atoms with E-state index in [1.165, 1.54) is 11.9 Å². The van der Waals surface area contributed by atoms with Crippen LogP contribution in [0.3, 0.4) is 0 Å². The SMILES string of the molecule is c1ccc(-c2cc(NCc3ccc(-c4cccnc4)cc3)n3ncnc3n2)cc1. The smallest absolute Gasteiger partial charge is 0.254 e. The number of fused-ring (bicyclic) bond motifs is 1. The van der Waals surface area contributed by atoms with Gasteiger partial charge in [0, 0.05) is 30.6 Å². The molecule has 0 atom stereocenters. The first-order valence-electron chi connectivity index (χ1n) is 9.36. The molecule has 0 spiro atoms. The fourth-order valence-corrected chi connectivity index (χ4v) is 3.24. The number of anilines is 1. The van der Waals surface area contributed by atoms with Crippen molar-refractivity contribution in [3.8, 4) is 22.4 Å². The molecule has 140 valence electrons. The minimum Gasteiger partial charge on any atom is -0.366 e. The Kier molecular flexibility index (Phi) is 4.42. The summed E-state index contributed by atoms with van der Waals surface area (Å²) in [5.41, 5.74) is 5.33. The number of pyridine rings is 1. The molecule has 29 heavy (non-hydrogen) atoms. The van der Waals surface area contributed by atoms with Gasteiger partial charge in [0.15, 0.2) is 0 Å². The summed E-state index contributed by atoms with van der Waals surface area (Å²) in [5, 5.41) is 7.76. The second-order valence-electron chi connectivity index (χ2n) is 6.66. The second kappa shape index (κ2) is 7.52. The Morgan fingerprint density at radius 3 is 2.45 bits per heavy atom. The molecular formula is C23H18N6. The van der Waals surface area contributed by atoms with Gasteiger partial charge in [-0.2, -0.15) is 14.6 Å². The van der Waals surface area contributed by atoms with Crippen molar-refractivity contribution >= 4 is 11.6 Å². The van der Waals surface area contributed by atoms with Crippen LogP contribution in [0, 0.1) is 0 Å². The Morgan fingerprint density at radius 1 is 0.828 bits per heavy atom. The lowest BCUT2D eigenvalue weighted by molar-refractivity contribution is 0.926. The van der Waals surface area contributed by atoms with Gasteiger partial charge in [-0.1, -0.05) is 60.7 Å². The summed E-state index contributed by atoms with van der Waals surface area (Å²) >= 11 is 0. The molecule has 5 aromatic rings. The van der Waals surface area contributed by atoms with Crippen LogP contribution in [0.1, 0.15) is 5.56 Å². The Balaban J connectivity index is 1.40. The van der Waals surface area contributed by atoms with E-state index < -0.39 is 0 Å². The van der Waals surface area contributed by atoms with Crippen LogP contribution in [0.15, 0.2) is 91.5 Å². The van der Waals surface area contributed by atoms with Gasteiger partial charge in [-0.15, -0.1) is 0 Å². The summed E-state index contributed by atoms with van der Waals surface area (Å²) in [6, 6.07) is 24.5. The van der Waals surface area contributed by atoms with E-state index >= 15 is 0 Å². The van der Waals surface area contributed by atoms with Gasteiger partial charge in [0.25, 0.3) is 5.78 Å². The fraction of sp³-hybridized carbons (Fsp3) is 0.0435. The molecule has 0 bridgehead atoms. The van der Waals surface area contributed by atoms with Crippen molar-refractivity contribution in [1.29, 1.82) is 0 Å². The van der Waals surface area contributed by atoms with Crippen LogP contribution in [0.5, 0.6) is 0 Å². The summed E-state index contributed by atoms with van der Waals surface area (Å²) in [7, 11) is 0. The predicted molar refractivity (Wildman–Crippen MR) is 113 cm³/mol. The lowest BCUT2D eigenvalue weighted by atomic mass is 10.1. The zero-order valence-corrected chi connectivity index (χ0v) is 15.6. The minimum atomic E-state index is 0.570. The molecule has 0 saturated carbocycles. The molecule has 0 unspecified atom stereocenters. The zero-order chi connectivity index (χ0) is 19.5. The van der Waals surface area contributed by atoms with Crippen LogP contribution in [-0.4, -0.2) is 24.6 Å². The molecule has 6 heteroatoms. The normalized spacial score (nSPS) is 10.9. The van der Waals surface area contributed by atoms with Gasteiger partial charge >= 0.3 is 0 Å². The van der Waals surface area contributed by atoms with E-state index in [4.69, 9.17) is 0 Å². The van der Waals surface area contributed by atoms with Crippen LogP contribution < -0.4 is 5.32 Å². The first kappa shape index (κ1) is 17.1. The molecule has 3 aromatic heterocycles. The Hall–Kier alpha value is -4.06. The molecule has 0 fully saturated rings. The zero-order valence-electron chi connectivity index (χ0n) is 15.6. The second-order valence-corrected chi connectivity index (χ2v) is 6.66.